The Kier molecular flexibility index (Phi) is 7.27. The van der Waals surface area contributed by atoms with Crippen LogP contribution in [-0.2, 0) is 4.74 Å². The molecule has 0 saturated carbocycles. The average Bonchev–Trinajstić information content (AvgIpc) is 3.22. The molecule has 0 aliphatic carbocycles. The molecule has 0 spiro atoms. The van der Waals surface area contributed by atoms with Gasteiger partial charge in [-0.1, -0.05) is 6.92 Å². The van der Waals surface area contributed by atoms with Crippen LogP contribution in [0.3, 0.4) is 0 Å². The highest BCUT2D eigenvalue weighted by Crippen LogP contribution is 2.29. The zero-order valence-corrected chi connectivity index (χ0v) is 15.2. The number of carbonyl (C=O) groups is 1. The second-order valence-corrected chi connectivity index (χ2v) is 6.78. The highest BCUT2D eigenvalue weighted by molar-refractivity contribution is 5.91. The number of rotatable bonds is 5. The highest BCUT2D eigenvalue weighted by atomic mass is 35.5. The van der Waals surface area contributed by atoms with Crippen LogP contribution in [0.1, 0.15) is 30.3 Å². The molecule has 142 valence electrons. The molecule has 3 heterocycles. The third-order valence-corrected chi connectivity index (χ3v) is 5.09. The smallest absolute Gasteiger partial charge is 0.287 e. The minimum Gasteiger partial charge on any atom is -0.459 e. The van der Waals surface area contributed by atoms with E-state index >= 15 is 0 Å². The van der Waals surface area contributed by atoms with Crippen molar-refractivity contribution in [3.63, 3.8) is 0 Å². The summed E-state index contributed by atoms with van der Waals surface area (Å²) in [6.07, 6.45) is 1.89. The largest absolute Gasteiger partial charge is 0.459 e. The number of aliphatic hydroxyl groups excluding tert-OH is 2. The van der Waals surface area contributed by atoms with Crippen molar-refractivity contribution >= 4 is 18.3 Å². The molecular weight excluding hydrogens is 348 g/mol. The normalized spacial score (nSPS) is 30.8. The molecule has 0 radical (unpaired) electrons. The number of amides is 1. The number of nitrogens with one attached hydrogen (secondary N) is 1. The van der Waals surface area contributed by atoms with E-state index in [4.69, 9.17) is 9.15 Å². The fourth-order valence-corrected chi connectivity index (χ4v) is 3.61. The summed E-state index contributed by atoms with van der Waals surface area (Å²) in [7, 11) is 0. The van der Waals surface area contributed by atoms with Crippen molar-refractivity contribution in [1.29, 1.82) is 0 Å². The van der Waals surface area contributed by atoms with Crippen LogP contribution in [0.4, 0.5) is 0 Å². The quantitative estimate of drug-likeness (QED) is 0.700. The summed E-state index contributed by atoms with van der Waals surface area (Å²) in [5.74, 6) is 0.624. The first-order valence-electron chi connectivity index (χ1n) is 8.60. The van der Waals surface area contributed by atoms with Crippen LogP contribution < -0.4 is 5.32 Å². The molecule has 0 aromatic carbocycles. The molecule has 2 saturated heterocycles. The molecule has 2 aliphatic rings. The van der Waals surface area contributed by atoms with Gasteiger partial charge < -0.3 is 24.7 Å². The third-order valence-electron chi connectivity index (χ3n) is 5.09. The van der Waals surface area contributed by atoms with Crippen molar-refractivity contribution in [2.24, 2.45) is 5.92 Å². The number of carbonyl (C=O) groups excluding carboxylic acids is 1. The lowest BCUT2D eigenvalue weighted by Gasteiger charge is -2.38. The summed E-state index contributed by atoms with van der Waals surface area (Å²) in [6, 6.07) is 3.04. The average molecular weight is 375 g/mol. The van der Waals surface area contributed by atoms with Gasteiger partial charge in [0.2, 0.25) is 0 Å². The molecule has 7 nitrogen and oxygen atoms in total. The Morgan fingerprint density at radius 2 is 2.08 bits per heavy atom. The Bertz CT molecular complexity index is 533. The summed E-state index contributed by atoms with van der Waals surface area (Å²) >= 11 is 0. The van der Waals surface area contributed by atoms with Crippen molar-refractivity contribution in [2.75, 3.05) is 26.2 Å². The maximum Gasteiger partial charge on any atom is 0.287 e. The lowest BCUT2D eigenvalue weighted by Crippen LogP contribution is -2.53. The number of hydrogen-bond acceptors (Lipinski definition) is 6. The first-order chi connectivity index (χ1) is 11.6. The molecule has 1 amide bonds. The summed E-state index contributed by atoms with van der Waals surface area (Å²) in [4.78, 5) is 14.3. The molecule has 8 heteroatoms. The Morgan fingerprint density at radius 3 is 2.68 bits per heavy atom. The van der Waals surface area contributed by atoms with Crippen molar-refractivity contribution in [3.8, 4) is 0 Å². The SMILES string of the molecule is CC1CCN([C@@H]2[C@H](O)[C@H](CO)O[C@@H]2CNC(=O)c2ccco2)CC1.Cl. The van der Waals surface area contributed by atoms with E-state index in [0.717, 1.165) is 25.9 Å². The monoisotopic (exact) mass is 374 g/mol. The number of aliphatic hydroxyl groups is 2. The van der Waals surface area contributed by atoms with E-state index in [1.807, 2.05) is 0 Å². The van der Waals surface area contributed by atoms with Crippen LogP contribution in [0.5, 0.6) is 0 Å². The second kappa shape index (κ2) is 9.00. The van der Waals surface area contributed by atoms with Gasteiger partial charge in [0.25, 0.3) is 5.91 Å². The number of nitrogens with zero attached hydrogens (tertiary/aromatic N) is 1. The van der Waals surface area contributed by atoms with Crippen LogP contribution in [0.25, 0.3) is 0 Å². The molecule has 25 heavy (non-hydrogen) atoms. The number of piperidine rings is 1. The first kappa shape index (κ1) is 20.2. The summed E-state index contributed by atoms with van der Waals surface area (Å²) < 4.78 is 10.9. The molecule has 0 unspecified atom stereocenters. The molecule has 2 aliphatic heterocycles. The Balaban J connectivity index is 0.00000225. The van der Waals surface area contributed by atoms with Gasteiger partial charge in [0.05, 0.1) is 25.0 Å². The number of likely N-dealkylation sites (tertiary alicyclic amines) is 1. The Hall–Kier alpha value is -1.12. The van der Waals surface area contributed by atoms with Crippen LogP contribution in [-0.4, -0.2) is 71.6 Å². The van der Waals surface area contributed by atoms with E-state index in [-0.39, 0.29) is 49.4 Å². The van der Waals surface area contributed by atoms with Gasteiger partial charge in [-0.2, -0.15) is 0 Å². The van der Waals surface area contributed by atoms with Crippen LogP contribution in [0, 0.1) is 5.92 Å². The van der Waals surface area contributed by atoms with Gasteiger partial charge >= 0.3 is 0 Å². The fraction of sp³-hybridized carbons (Fsp3) is 0.706. The summed E-state index contributed by atoms with van der Waals surface area (Å²) in [5.41, 5.74) is 0. The van der Waals surface area contributed by atoms with Crippen LogP contribution in [0.2, 0.25) is 0 Å². The van der Waals surface area contributed by atoms with E-state index in [1.165, 1.54) is 6.26 Å². The third kappa shape index (κ3) is 4.54. The lowest BCUT2D eigenvalue weighted by atomic mass is 9.94. The van der Waals surface area contributed by atoms with Gasteiger partial charge in [-0.25, -0.2) is 0 Å². The molecule has 2 fully saturated rings. The van der Waals surface area contributed by atoms with Crippen molar-refractivity contribution in [3.05, 3.63) is 24.2 Å². The second-order valence-electron chi connectivity index (χ2n) is 6.78. The Morgan fingerprint density at radius 1 is 1.36 bits per heavy atom. The van der Waals surface area contributed by atoms with Crippen molar-refractivity contribution < 1.29 is 24.2 Å². The zero-order valence-electron chi connectivity index (χ0n) is 14.3. The van der Waals surface area contributed by atoms with E-state index in [9.17, 15) is 15.0 Å². The van der Waals surface area contributed by atoms with E-state index < -0.39 is 12.2 Å². The van der Waals surface area contributed by atoms with Crippen LogP contribution in [0.15, 0.2) is 22.8 Å². The zero-order chi connectivity index (χ0) is 17.1. The number of furan rings is 1. The van der Waals surface area contributed by atoms with Gasteiger partial charge in [0.15, 0.2) is 5.76 Å². The van der Waals surface area contributed by atoms with Crippen molar-refractivity contribution in [1.82, 2.24) is 10.2 Å². The van der Waals surface area contributed by atoms with E-state index in [2.05, 4.69) is 17.1 Å². The Labute approximate surface area is 153 Å². The topological polar surface area (TPSA) is 95.2 Å². The van der Waals surface area contributed by atoms with Gasteiger partial charge in [0, 0.05) is 6.54 Å². The standard InChI is InChI=1S/C17H26N2O5.ClH/c1-11-4-6-19(7-5-11)15-13(24-14(10-20)16(15)21)9-18-17(22)12-3-2-8-23-12;/h2-3,8,11,13-16,20-21H,4-7,9-10H2,1H3,(H,18,22);1H/t13-,14+,15+,16-;/m1./s1. The predicted octanol–water partition coefficient (Wildman–Crippen LogP) is 0.652. The summed E-state index contributed by atoms with van der Waals surface area (Å²) in [6.45, 7) is 4.06. The minimum absolute atomic E-state index is 0. The lowest BCUT2D eigenvalue weighted by molar-refractivity contribution is -0.0209. The molecule has 3 N–H and O–H groups in total. The van der Waals surface area contributed by atoms with Gasteiger partial charge in [-0.15, -0.1) is 12.4 Å². The maximum atomic E-state index is 12.0. The van der Waals surface area contributed by atoms with E-state index in [0.29, 0.717) is 5.92 Å². The molecule has 0 bridgehead atoms. The van der Waals surface area contributed by atoms with Gasteiger partial charge in [-0.05, 0) is 44.0 Å². The predicted molar refractivity (Wildman–Crippen MR) is 93.8 cm³/mol. The highest BCUT2D eigenvalue weighted by Gasteiger charge is 2.46. The number of hydrogen-bond donors (Lipinski definition) is 3. The molecule has 4 atom stereocenters. The molecule has 3 rings (SSSR count). The first-order valence-corrected chi connectivity index (χ1v) is 8.60. The molecule has 1 aromatic heterocycles. The molecular formula is C17H27ClN2O5. The van der Waals surface area contributed by atoms with Crippen LogP contribution >= 0.6 is 12.4 Å². The minimum atomic E-state index is -0.756. The molecule has 1 aromatic rings. The maximum absolute atomic E-state index is 12.0. The number of ether oxygens (including phenoxy) is 1. The fourth-order valence-electron chi connectivity index (χ4n) is 3.61. The van der Waals surface area contributed by atoms with Crippen molar-refractivity contribution in [2.45, 2.75) is 44.1 Å². The van der Waals surface area contributed by atoms with E-state index in [1.54, 1.807) is 12.1 Å². The van der Waals surface area contributed by atoms with Gasteiger partial charge in [-0.3, -0.25) is 9.69 Å². The van der Waals surface area contributed by atoms with Gasteiger partial charge in [0.1, 0.15) is 12.2 Å². The summed E-state index contributed by atoms with van der Waals surface area (Å²) in [5, 5.41) is 22.8. The number of halogens is 1.